The zero-order valence-corrected chi connectivity index (χ0v) is 17.8. The normalized spacial score (nSPS) is 11.0. The minimum atomic E-state index is -0.421. The highest BCUT2D eigenvalue weighted by Crippen LogP contribution is 2.25. The van der Waals surface area contributed by atoms with Crippen LogP contribution in [0.1, 0.15) is 25.8 Å². The third kappa shape index (κ3) is 5.50. The zero-order chi connectivity index (χ0) is 21.5. The average molecular weight is 428 g/mol. The fourth-order valence-corrected chi connectivity index (χ4v) is 3.81. The first kappa shape index (κ1) is 21.6. The van der Waals surface area contributed by atoms with Gasteiger partial charge in [0.05, 0.1) is 12.0 Å². The van der Waals surface area contributed by atoms with Crippen molar-refractivity contribution in [1.29, 1.82) is 0 Å². The van der Waals surface area contributed by atoms with E-state index in [1.807, 2.05) is 49.1 Å². The van der Waals surface area contributed by atoms with Crippen molar-refractivity contribution in [2.24, 2.45) is 5.73 Å². The number of hydrogen-bond donors (Lipinski definition) is 1. The molecule has 0 aliphatic rings. The molecule has 0 unspecified atom stereocenters. The van der Waals surface area contributed by atoms with Gasteiger partial charge in [-0.25, -0.2) is 0 Å². The van der Waals surface area contributed by atoms with Crippen LogP contribution in [0.5, 0.6) is 0 Å². The number of hydrogen-bond acceptors (Lipinski definition) is 6. The van der Waals surface area contributed by atoms with Crippen molar-refractivity contribution >= 4 is 23.6 Å². The van der Waals surface area contributed by atoms with E-state index in [-0.39, 0.29) is 24.1 Å². The number of thioether (sulfide) groups is 1. The third-order valence-corrected chi connectivity index (χ3v) is 5.46. The molecule has 0 fully saturated rings. The first-order chi connectivity index (χ1) is 14.5. The van der Waals surface area contributed by atoms with Gasteiger partial charge in [-0.3, -0.25) is 14.2 Å². The van der Waals surface area contributed by atoms with E-state index >= 15 is 0 Å². The fourth-order valence-electron chi connectivity index (χ4n) is 2.96. The molecular weight excluding hydrogens is 402 g/mol. The number of furan rings is 1. The predicted octanol–water partition coefficient (Wildman–Crippen LogP) is 2.94. The van der Waals surface area contributed by atoms with E-state index in [9.17, 15) is 9.59 Å². The van der Waals surface area contributed by atoms with Crippen LogP contribution < -0.4 is 5.73 Å². The maximum atomic E-state index is 12.9. The van der Waals surface area contributed by atoms with Gasteiger partial charge < -0.3 is 15.1 Å². The number of rotatable bonds is 10. The lowest BCUT2D eigenvalue weighted by Gasteiger charge is -2.26. The Balaban J connectivity index is 1.73. The van der Waals surface area contributed by atoms with E-state index < -0.39 is 5.91 Å². The average Bonchev–Trinajstić information content (AvgIpc) is 3.38. The van der Waals surface area contributed by atoms with Crippen LogP contribution in [0, 0.1) is 0 Å². The molecule has 0 radical (unpaired) electrons. The molecule has 3 rings (SSSR count). The van der Waals surface area contributed by atoms with Gasteiger partial charge in [0.25, 0.3) is 0 Å². The number of nitrogens with zero attached hydrogens (tertiary/aromatic N) is 4. The lowest BCUT2D eigenvalue weighted by Crippen LogP contribution is -2.37. The van der Waals surface area contributed by atoms with Crippen LogP contribution >= 0.6 is 11.8 Å². The minimum absolute atomic E-state index is 0.00264. The van der Waals surface area contributed by atoms with Gasteiger partial charge in [0.15, 0.2) is 16.7 Å². The summed E-state index contributed by atoms with van der Waals surface area (Å²) in [5.74, 6) is 0.828. The summed E-state index contributed by atoms with van der Waals surface area (Å²) in [6.45, 7) is 4.85. The lowest BCUT2D eigenvalue weighted by molar-refractivity contribution is -0.130. The first-order valence-corrected chi connectivity index (χ1v) is 10.7. The molecule has 2 amide bonds. The molecule has 8 nitrogen and oxygen atoms in total. The molecule has 2 N–H and O–H groups in total. The third-order valence-electron chi connectivity index (χ3n) is 4.50. The molecule has 2 heterocycles. The predicted molar refractivity (Wildman–Crippen MR) is 114 cm³/mol. The summed E-state index contributed by atoms with van der Waals surface area (Å²) in [6.07, 6.45) is 1.68. The van der Waals surface area contributed by atoms with E-state index in [0.29, 0.717) is 29.8 Å². The molecule has 1 aromatic carbocycles. The van der Waals surface area contributed by atoms with Crippen LogP contribution in [0.15, 0.2) is 58.3 Å². The molecule has 0 aliphatic heterocycles. The highest BCUT2D eigenvalue weighted by Gasteiger charge is 2.21. The second kappa shape index (κ2) is 10.1. The van der Waals surface area contributed by atoms with Crippen molar-refractivity contribution in [2.45, 2.75) is 44.6 Å². The number of nitrogens with two attached hydrogens (primary N) is 1. The lowest BCUT2D eigenvalue weighted by atomic mass is 10.2. The Kier molecular flexibility index (Phi) is 7.29. The van der Waals surface area contributed by atoms with Crippen LogP contribution in [-0.2, 0) is 22.7 Å². The molecule has 0 saturated carbocycles. The van der Waals surface area contributed by atoms with Gasteiger partial charge in [-0.1, -0.05) is 42.1 Å². The second-order valence-corrected chi connectivity index (χ2v) is 7.98. The molecule has 0 aliphatic carbocycles. The van der Waals surface area contributed by atoms with Crippen molar-refractivity contribution in [2.75, 3.05) is 5.75 Å². The minimum Gasteiger partial charge on any atom is -0.461 e. The monoisotopic (exact) mass is 427 g/mol. The van der Waals surface area contributed by atoms with E-state index in [2.05, 4.69) is 10.2 Å². The number of amides is 2. The summed E-state index contributed by atoms with van der Waals surface area (Å²) >= 11 is 1.29. The number of carbonyl (C=O) groups excluding carboxylic acids is 2. The molecule has 158 valence electrons. The molecule has 0 bridgehead atoms. The van der Waals surface area contributed by atoms with Gasteiger partial charge in [0.1, 0.15) is 0 Å². The number of carbonyl (C=O) groups is 2. The summed E-state index contributed by atoms with van der Waals surface area (Å²) in [7, 11) is 0. The van der Waals surface area contributed by atoms with Crippen molar-refractivity contribution in [3.05, 3.63) is 54.3 Å². The zero-order valence-electron chi connectivity index (χ0n) is 17.0. The molecular formula is C21H25N5O3S. The quantitative estimate of drug-likeness (QED) is 0.499. The highest BCUT2D eigenvalue weighted by molar-refractivity contribution is 7.99. The first-order valence-electron chi connectivity index (χ1n) is 9.67. The Labute approximate surface area is 179 Å². The van der Waals surface area contributed by atoms with Crippen molar-refractivity contribution in [1.82, 2.24) is 19.7 Å². The summed E-state index contributed by atoms with van der Waals surface area (Å²) in [6, 6.07) is 13.5. The number of benzene rings is 1. The van der Waals surface area contributed by atoms with Gasteiger partial charge in [0.2, 0.25) is 11.8 Å². The highest BCUT2D eigenvalue weighted by atomic mass is 32.2. The van der Waals surface area contributed by atoms with Crippen LogP contribution in [-0.4, -0.2) is 43.3 Å². The van der Waals surface area contributed by atoms with Gasteiger partial charge in [-0.05, 0) is 31.5 Å². The maximum absolute atomic E-state index is 12.9. The Morgan fingerprint density at radius 2 is 1.93 bits per heavy atom. The van der Waals surface area contributed by atoms with Crippen molar-refractivity contribution in [3.8, 4) is 11.6 Å². The Morgan fingerprint density at radius 1 is 1.17 bits per heavy atom. The van der Waals surface area contributed by atoms with Gasteiger partial charge in [-0.15, -0.1) is 10.2 Å². The van der Waals surface area contributed by atoms with Crippen LogP contribution in [0.3, 0.4) is 0 Å². The maximum Gasteiger partial charge on any atom is 0.233 e. The molecule has 0 spiro atoms. The van der Waals surface area contributed by atoms with Gasteiger partial charge in [0, 0.05) is 25.6 Å². The standard InChI is InChI=1S/C21H25N5O3S/c1-15(2)26(13-16-7-4-3-5-8-16)19(28)14-30-21-24-23-20(17-9-6-12-29-17)25(21)11-10-18(22)27/h3-9,12,15H,10-11,13-14H2,1-2H3,(H2,22,27). The summed E-state index contributed by atoms with van der Waals surface area (Å²) < 4.78 is 7.18. The molecule has 30 heavy (non-hydrogen) atoms. The fraction of sp³-hybridized carbons (Fsp3) is 0.333. The Morgan fingerprint density at radius 3 is 2.57 bits per heavy atom. The smallest absolute Gasteiger partial charge is 0.233 e. The van der Waals surface area contributed by atoms with Crippen molar-refractivity contribution < 1.29 is 14.0 Å². The van der Waals surface area contributed by atoms with E-state index in [1.54, 1.807) is 23.0 Å². The number of aromatic nitrogens is 3. The largest absolute Gasteiger partial charge is 0.461 e. The van der Waals surface area contributed by atoms with Crippen molar-refractivity contribution in [3.63, 3.8) is 0 Å². The molecule has 2 aromatic heterocycles. The van der Waals surface area contributed by atoms with Gasteiger partial charge in [-0.2, -0.15) is 0 Å². The van der Waals surface area contributed by atoms with E-state index in [0.717, 1.165) is 5.56 Å². The van der Waals surface area contributed by atoms with Crippen LogP contribution in [0.4, 0.5) is 0 Å². The molecule has 9 heteroatoms. The van der Waals surface area contributed by atoms with Crippen LogP contribution in [0.2, 0.25) is 0 Å². The molecule has 0 atom stereocenters. The SMILES string of the molecule is CC(C)N(Cc1ccccc1)C(=O)CSc1nnc(-c2ccco2)n1CCC(N)=O. The summed E-state index contributed by atoms with van der Waals surface area (Å²) in [4.78, 5) is 26.0. The Bertz CT molecular complexity index is 970. The number of primary amides is 1. The topological polar surface area (TPSA) is 107 Å². The van der Waals surface area contributed by atoms with E-state index in [4.69, 9.17) is 10.2 Å². The summed E-state index contributed by atoms with van der Waals surface area (Å²) in [5, 5.41) is 8.93. The van der Waals surface area contributed by atoms with E-state index in [1.165, 1.54) is 11.8 Å². The summed E-state index contributed by atoms with van der Waals surface area (Å²) in [5.41, 5.74) is 6.39. The molecule has 0 saturated heterocycles. The second-order valence-electron chi connectivity index (χ2n) is 7.04. The Hall–Kier alpha value is -3.07. The molecule has 3 aromatic rings. The van der Waals surface area contributed by atoms with Crippen LogP contribution in [0.25, 0.3) is 11.6 Å². The van der Waals surface area contributed by atoms with Gasteiger partial charge >= 0.3 is 0 Å².